The quantitative estimate of drug-likeness (QED) is 0.716. The number of nitrogens with one attached hydrogen (secondary N) is 2. The van der Waals surface area contributed by atoms with Crippen molar-refractivity contribution in [1.82, 2.24) is 9.97 Å². The van der Waals surface area contributed by atoms with Crippen molar-refractivity contribution in [2.24, 2.45) is 0 Å². The zero-order chi connectivity index (χ0) is 19.4. The lowest BCUT2D eigenvalue weighted by Crippen LogP contribution is -2.13. The normalized spacial score (nSPS) is 10.4. The minimum absolute atomic E-state index is 0.298. The fourth-order valence-corrected chi connectivity index (χ4v) is 2.41. The Hall–Kier alpha value is -3.48. The highest BCUT2D eigenvalue weighted by molar-refractivity contribution is 6.04. The highest BCUT2D eigenvalue weighted by Crippen LogP contribution is 2.19. The summed E-state index contributed by atoms with van der Waals surface area (Å²) in [6.45, 7) is 1.91. The molecule has 0 bridgehead atoms. The summed E-state index contributed by atoms with van der Waals surface area (Å²) in [7, 11) is 3.84. The topological polar surface area (TPSA) is 70.2 Å². The maximum Gasteiger partial charge on any atom is 0.255 e. The maximum absolute atomic E-state index is 12.9. The van der Waals surface area contributed by atoms with Gasteiger partial charge >= 0.3 is 0 Å². The molecule has 0 aliphatic rings. The smallest absolute Gasteiger partial charge is 0.255 e. The molecule has 0 saturated carbocycles. The van der Waals surface area contributed by atoms with E-state index in [2.05, 4.69) is 20.6 Å². The summed E-state index contributed by atoms with van der Waals surface area (Å²) in [6, 6.07) is 14.5. The van der Waals surface area contributed by atoms with Crippen molar-refractivity contribution in [1.29, 1.82) is 0 Å². The second-order valence-electron chi connectivity index (χ2n) is 6.25. The molecule has 6 nitrogen and oxygen atoms in total. The van der Waals surface area contributed by atoms with Gasteiger partial charge < -0.3 is 15.5 Å². The average Bonchev–Trinajstić information content (AvgIpc) is 2.63. The third-order valence-electron chi connectivity index (χ3n) is 3.80. The molecule has 1 heterocycles. The Kier molecular flexibility index (Phi) is 5.30. The predicted octanol–water partition coefficient (Wildman–Crippen LogP) is 3.99. The highest BCUT2D eigenvalue weighted by atomic mass is 19.1. The molecule has 3 rings (SSSR count). The van der Waals surface area contributed by atoms with Gasteiger partial charge in [-0.2, -0.15) is 4.98 Å². The number of hydrogen-bond donors (Lipinski definition) is 2. The summed E-state index contributed by atoms with van der Waals surface area (Å²) in [6.07, 6.45) is 0. The van der Waals surface area contributed by atoms with Crippen molar-refractivity contribution in [3.8, 4) is 0 Å². The SMILES string of the molecule is Cc1cc(N(C)C)nc(Nc2ccc(NC(=O)c3ccc(F)cc3)cc2)n1. The Morgan fingerprint density at radius 2 is 1.59 bits per heavy atom. The number of halogens is 1. The van der Waals surface area contributed by atoms with Gasteiger partial charge in [-0.1, -0.05) is 0 Å². The van der Waals surface area contributed by atoms with Gasteiger partial charge in [0.25, 0.3) is 5.91 Å². The molecule has 0 aliphatic carbocycles. The number of aromatic nitrogens is 2. The van der Waals surface area contributed by atoms with E-state index in [4.69, 9.17) is 0 Å². The van der Waals surface area contributed by atoms with E-state index in [1.54, 1.807) is 12.1 Å². The Morgan fingerprint density at radius 3 is 2.22 bits per heavy atom. The van der Waals surface area contributed by atoms with Gasteiger partial charge in [-0.05, 0) is 55.5 Å². The number of rotatable bonds is 5. The summed E-state index contributed by atoms with van der Waals surface area (Å²) in [5, 5.41) is 5.93. The van der Waals surface area contributed by atoms with Gasteiger partial charge in [0, 0.05) is 42.8 Å². The average molecular weight is 365 g/mol. The number of carbonyl (C=O) groups is 1. The van der Waals surface area contributed by atoms with Gasteiger partial charge in [0.2, 0.25) is 5.95 Å². The van der Waals surface area contributed by atoms with Gasteiger partial charge in [0.15, 0.2) is 0 Å². The predicted molar refractivity (Wildman–Crippen MR) is 105 cm³/mol. The zero-order valence-corrected chi connectivity index (χ0v) is 15.3. The number of aryl methyl sites for hydroxylation is 1. The van der Waals surface area contributed by atoms with Crippen LogP contribution in [0, 0.1) is 12.7 Å². The summed E-state index contributed by atoms with van der Waals surface area (Å²) in [5.41, 5.74) is 2.68. The minimum atomic E-state index is -0.377. The van der Waals surface area contributed by atoms with E-state index in [9.17, 15) is 9.18 Å². The van der Waals surface area contributed by atoms with Crippen molar-refractivity contribution >= 4 is 29.0 Å². The molecular weight excluding hydrogens is 345 g/mol. The number of anilines is 4. The van der Waals surface area contributed by atoms with Crippen LogP contribution in [0.25, 0.3) is 0 Å². The lowest BCUT2D eigenvalue weighted by molar-refractivity contribution is 0.102. The standard InChI is InChI=1S/C20H20FN5O/c1-13-12-18(26(2)3)25-20(22-13)24-17-10-8-16(9-11-17)23-19(27)14-4-6-15(21)7-5-14/h4-12H,1-3H3,(H,23,27)(H,22,24,25). The molecule has 0 atom stereocenters. The fourth-order valence-electron chi connectivity index (χ4n) is 2.41. The van der Waals surface area contributed by atoms with Crippen LogP contribution >= 0.6 is 0 Å². The van der Waals surface area contributed by atoms with E-state index in [0.29, 0.717) is 17.2 Å². The molecule has 0 aliphatic heterocycles. The van der Waals surface area contributed by atoms with Crippen LogP contribution in [0.15, 0.2) is 54.6 Å². The van der Waals surface area contributed by atoms with Crippen LogP contribution in [-0.2, 0) is 0 Å². The van der Waals surface area contributed by atoms with Crippen molar-refractivity contribution < 1.29 is 9.18 Å². The number of benzene rings is 2. The lowest BCUT2D eigenvalue weighted by Gasteiger charge is -2.14. The molecule has 27 heavy (non-hydrogen) atoms. The Labute approximate surface area is 157 Å². The fraction of sp³-hybridized carbons (Fsp3) is 0.150. The molecule has 0 spiro atoms. The second-order valence-corrected chi connectivity index (χ2v) is 6.25. The molecule has 7 heteroatoms. The first kappa shape index (κ1) is 18.3. The first-order valence-electron chi connectivity index (χ1n) is 8.38. The van der Waals surface area contributed by atoms with E-state index in [0.717, 1.165) is 17.2 Å². The van der Waals surface area contributed by atoms with Crippen molar-refractivity contribution in [2.45, 2.75) is 6.92 Å². The van der Waals surface area contributed by atoms with Gasteiger partial charge in [-0.3, -0.25) is 4.79 Å². The number of amides is 1. The molecule has 0 radical (unpaired) electrons. The molecule has 0 saturated heterocycles. The van der Waals surface area contributed by atoms with Gasteiger partial charge in [0.05, 0.1) is 0 Å². The van der Waals surface area contributed by atoms with E-state index in [1.807, 2.05) is 44.1 Å². The Morgan fingerprint density at radius 1 is 0.963 bits per heavy atom. The van der Waals surface area contributed by atoms with Crippen molar-refractivity contribution in [3.63, 3.8) is 0 Å². The maximum atomic E-state index is 12.9. The number of hydrogen-bond acceptors (Lipinski definition) is 5. The van der Waals surface area contributed by atoms with Crippen LogP contribution in [-0.4, -0.2) is 30.0 Å². The van der Waals surface area contributed by atoms with Crippen molar-refractivity contribution in [2.75, 3.05) is 29.6 Å². The molecule has 3 aromatic rings. The lowest BCUT2D eigenvalue weighted by atomic mass is 10.2. The molecule has 2 aromatic carbocycles. The summed E-state index contributed by atoms with van der Waals surface area (Å²) in [5.74, 6) is 0.640. The first-order valence-corrected chi connectivity index (χ1v) is 8.38. The number of nitrogens with zero attached hydrogens (tertiary/aromatic N) is 3. The minimum Gasteiger partial charge on any atom is -0.363 e. The van der Waals surface area contributed by atoms with Crippen LogP contribution in [0.4, 0.5) is 27.5 Å². The number of carbonyl (C=O) groups excluding carboxylic acids is 1. The van der Waals surface area contributed by atoms with Gasteiger partial charge in [-0.15, -0.1) is 0 Å². The van der Waals surface area contributed by atoms with Crippen LogP contribution < -0.4 is 15.5 Å². The van der Waals surface area contributed by atoms with E-state index in [-0.39, 0.29) is 11.7 Å². The summed E-state index contributed by atoms with van der Waals surface area (Å²) >= 11 is 0. The largest absolute Gasteiger partial charge is 0.363 e. The molecule has 1 amide bonds. The molecule has 2 N–H and O–H groups in total. The van der Waals surface area contributed by atoms with Crippen LogP contribution in [0.5, 0.6) is 0 Å². The first-order chi connectivity index (χ1) is 12.9. The summed E-state index contributed by atoms with van der Waals surface area (Å²) < 4.78 is 12.9. The van der Waals surface area contributed by atoms with E-state index < -0.39 is 0 Å². The Bertz CT molecular complexity index is 940. The third kappa shape index (κ3) is 4.78. The zero-order valence-electron chi connectivity index (χ0n) is 15.3. The van der Waals surface area contributed by atoms with E-state index >= 15 is 0 Å². The van der Waals surface area contributed by atoms with Crippen LogP contribution in [0.1, 0.15) is 16.1 Å². The van der Waals surface area contributed by atoms with Gasteiger partial charge in [0.1, 0.15) is 11.6 Å². The molecule has 0 unspecified atom stereocenters. The Balaban J connectivity index is 1.68. The molecule has 1 aromatic heterocycles. The monoisotopic (exact) mass is 365 g/mol. The molecular formula is C20H20FN5O. The van der Waals surface area contributed by atoms with Crippen LogP contribution in [0.2, 0.25) is 0 Å². The second kappa shape index (κ2) is 7.82. The third-order valence-corrected chi connectivity index (χ3v) is 3.80. The summed E-state index contributed by atoms with van der Waals surface area (Å²) in [4.78, 5) is 22.9. The van der Waals surface area contributed by atoms with Gasteiger partial charge in [-0.25, -0.2) is 9.37 Å². The van der Waals surface area contributed by atoms with Crippen molar-refractivity contribution in [3.05, 3.63) is 71.7 Å². The molecule has 138 valence electrons. The highest BCUT2D eigenvalue weighted by Gasteiger charge is 2.07. The van der Waals surface area contributed by atoms with E-state index in [1.165, 1.54) is 24.3 Å². The van der Waals surface area contributed by atoms with Crippen LogP contribution in [0.3, 0.4) is 0 Å². The molecule has 0 fully saturated rings.